The van der Waals surface area contributed by atoms with Gasteiger partial charge in [0.05, 0.1) is 19.3 Å². The van der Waals surface area contributed by atoms with Crippen LogP contribution in [0.2, 0.25) is 0 Å². The first-order valence-electron chi connectivity index (χ1n) is 5.84. The summed E-state index contributed by atoms with van der Waals surface area (Å²) in [5.74, 6) is 0.168. The predicted octanol–water partition coefficient (Wildman–Crippen LogP) is 2.87. The number of nitrogen functional groups attached to an aromatic ring is 1. The number of hydrogen-bond donors (Lipinski definition) is 1. The SMILES string of the molecule is CCOC(=O)c1nc(-c2cc(OC)ccc2Br)oc1N. The lowest BCUT2D eigenvalue weighted by molar-refractivity contribution is 0.0521. The third-order valence-corrected chi connectivity index (χ3v) is 3.22. The van der Waals surface area contributed by atoms with Crippen LogP contribution in [0.25, 0.3) is 11.5 Å². The highest BCUT2D eigenvalue weighted by atomic mass is 79.9. The van der Waals surface area contributed by atoms with E-state index in [4.69, 9.17) is 19.6 Å². The zero-order valence-electron chi connectivity index (χ0n) is 11.0. The van der Waals surface area contributed by atoms with Crippen LogP contribution in [0, 0.1) is 0 Å². The van der Waals surface area contributed by atoms with Gasteiger partial charge in [0.25, 0.3) is 0 Å². The highest BCUT2D eigenvalue weighted by molar-refractivity contribution is 9.10. The van der Waals surface area contributed by atoms with Gasteiger partial charge in [0.1, 0.15) is 5.75 Å². The van der Waals surface area contributed by atoms with Gasteiger partial charge in [-0.3, -0.25) is 0 Å². The fourth-order valence-electron chi connectivity index (χ4n) is 1.59. The Kier molecular flexibility index (Phi) is 4.29. The molecule has 0 atom stereocenters. The molecule has 2 aromatic rings. The van der Waals surface area contributed by atoms with Gasteiger partial charge in [0.15, 0.2) is 0 Å². The standard InChI is InChI=1S/C13H13BrN2O4/c1-3-19-13(17)10-11(15)20-12(16-10)8-6-7(18-2)4-5-9(8)14/h4-6H,3,15H2,1-2H3. The molecular formula is C13H13BrN2O4. The van der Waals surface area contributed by atoms with E-state index in [1.165, 1.54) is 0 Å². The van der Waals surface area contributed by atoms with Crippen LogP contribution in [-0.4, -0.2) is 24.7 Å². The van der Waals surface area contributed by atoms with Gasteiger partial charge in [-0.1, -0.05) is 0 Å². The van der Waals surface area contributed by atoms with Gasteiger partial charge in [0, 0.05) is 4.47 Å². The van der Waals surface area contributed by atoms with Crippen molar-refractivity contribution in [3.05, 3.63) is 28.4 Å². The molecular weight excluding hydrogens is 328 g/mol. The van der Waals surface area contributed by atoms with Crippen molar-refractivity contribution < 1.29 is 18.7 Å². The third-order valence-electron chi connectivity index (χ3n) is 2.53. The summed E-state index contributed by atoms with van der Waals surface area (Å²) in [6, 6.07) is 5.30. The van der Waals surface area contributed by atoms with E-state index in [2.05, 4.69) is 20.9 Å². The second-order valence-electron chi connectivity index (χ2n) is 3.80. The van der Waals surface area contributed by atoms with E-state index in [1.807, 2.05) is 0 Å². The summed E-state index contributed by atoms with van der Waals surface area (Å²) in [4.78, 5) is 15.7. The average Bonchev–Trinajstić information content (AvgIpc) is 2.81. The van der Waals surface area contributed by atoms with E-state index in [0.717, 1.165) is 4.47 Å². The molecule has 0 aliphatic rings. The van der Waals surface area contributed by atoms with Crippen molar-refractivity contribution in [1.29, 1.82) is 0 Å². The molecule has 106 valence electrons. The van der Waals surface area contributed by atoms with Crippen molar-refractivity contribution >= 4 is 27.8 Å². The van der Waals surface area contributed by atoms with Gasteiger partial charge in [-0.15, -0.1) is 0 Å². The molecule has 20 heavy (non-hydrogen) atoms. The van der Waals surface area contributed by atoms with Gasteiger partial charge in [0.2, 0.25) is 17.5 Å². The van der Waals surface area contributed by atoms with Crippen LogP contribution in [0.5, 0.6) is 5.75 Å². The van der Waals surface area contributed by atoms with E-state index < -0.39 is 5.97 Å². The van der Waals surface area contributed by atoms with Crippen LogP contribution < -0.4 is 10.5 Å². The van der Waals surface area contributed by atoms with Crippen LogP contribution in [0.4, 0.5) is 5.88 Å². The number of oxazole rings is 1. The van der Waals surface area contributed by atoms with Crippen molar-refractivity contribution in [1.82, 2.24) is 4.98 Å². The molecule has 0 spiro atoms. The predicted molar refractivity (Wildman–Crippen MR) is 76.6 cm³/mol. The summed E-state index contributed by atoms with van der Waals surface area (Å²) in [6.45, 7) is 1.94. The third kappa shape index (κ3) is 2.77. The lowest BCUT2D eigenvalue weighted by atomic mass is 10.2. The lowest BCUT2D eigenvalue weighted by Gasteiger charge is -2.03. The molecule has 0 saturated heterocycles. The minimum absolute atomic E-state index is 0.0310. The van der Waals surface area contributed by atoms with Crippen LogP contribution in [-0.2, 0) is 4.74 Å². The zero-order chi connectivity index (χ0) is 14.7. The molecule has 6 nitrogen and oxygen atoms in total. The maximum absolute atomic E-state index is 11.7. The summed E-state index contributed by atoms with van der Waals surface area (Å²) in [6.07, 6.45) is 0. The molecule has 2 N–H and O–H groups in total. The molecule has 0 fully saturated rings. The Morgan fingerprint density at radius 1 is 1.50 bits per heavy atom. The maximum Gasteiger partial charge on any atom is 0.362 e. The number of esters is 1. The van der Waals surface area contributed by atoms with E-state index in [9.17, 15) is 4.79 Å². The molecule has 0 saturated carbocycles. The Labute approximate surface area is 124 Å². The summed E-state index contributed by atoms with van der Waals surface area (Å²) in [5.41, 5.74) is 6.25. The van der Waals surface area contributed by atoms with Crippen molar-refractivity contribution in [3.63, 3.8) is 0 Å². The second kappa shape index (κ2) is 5.96. The lowest BCUT2D eigenvalue weighted by Crippen LogP contribution is -2.07. The second-order valence-corrected chi connectivity index (χ2v) is 4.65. The van der Waals surface area contributed by atoms with E-state index >= 15 is 0 Å². The Hall–Kier alpha value is -2.02. The Morgan fingerprint density at radius 2 is 2.25 bits per heavy atom. The van der Waals surface area contributed by atoms with E-state index in [0.29, 0.717) is 11.3 Å². The molecule has 0 radical (unpaired) electrons. The number of nitrogens with two attached hydrogens (primary N) is 1. The number of hydrogen-bond acceptors (Lipinski definition) is 6. The Balaban J connectivity index is 2.44. The van der Waals surface area contributed by atoms with Gasteiger partial charge in [-0.05, 0) is 41.1 Å². The van der Waals surface area contributed by atoms with Crippen LogP contribution in [0.1, 0.15) is 17.4 Å². The van der Waals surface area contributed by atoms with Crippen molar-refractivity contribution in [2.24, 2.45) is 0 Å². The summed E-state index contributed by atoms with van der Waals surface area (Å²) in [5, 5.41) is 0. The van der Waals surface area contributed by atoms with Crippen molar-refractivity contribution in [2.75, 3.05) is 19.5 Å². The van der Waals surface area contributed by atoms with Crippen LogP contribution in [0.3, 0.4) is 0 Å². The first-order valence-corrected chi connectivity index (χ1v) is 6.63. The number of ether oxygens (including phenoxy) is 2. The number of carbonyl (C=O) groups is 1. The molecule has 1 aromatic heterocycles. The molecule has 7 heteroatoms. The van der Waals surface area contributed by atoms with Crippen LogP contribution in [0.15, 0.2) is 27.1 Å². The molecule has 1 aromatic carbocycles. The Morgan fingerprint density at radius 3 is 2.90 bits per heavy atom. The fraction of sp³-hybridized carbons (Fsp3) is 0.231. The molecule has 1 heterocycles. The normalized spacial score (nSPS) is 10.3. The first-order chi connectivity index (χ1) is 9.56. The number of benzene rings is 1. The zero-order valence-corrected chi connectivity index (χ0v) is 12.6. The monoisotopic (exact) mass is 340 g/mol. The highest BCUT2D eigenvalue weighted by Crippen LogP contribution is 2.33. The highest BCUT2D eigenvalue weighted by Gasteiger charge is 2.21. The van der Waals surface area contributed by atoms with Gasteiger partial charge >= 0.3 is 5.97 Å². The van der Waals surface area contributed by atoms with Gasteiger partial charge < -0.3 is 19.6 Å². The molecule has 0 amide bonds. The van der Waals surface area contributed by atoms with Crippen LogP contribution >= 0.6 is 15.9 Å². The summed E-state index contributed by atoms with van der Waals surface area (Å²) >= 11 is 3.39. The quantitative estimate of drug-likeness (QED) is 0.861. The molecule has 0 aliphatic heterocycles. The van der Waals surface area contributed by atoms with Crippen molar-refractivity contribution in [2.45, 2.75) is 6.92 Å². The summed E-state index contributed by atoms with van der Waals surface area (Å²) < 4.78 is 16.1. The Bertz CT molecular complexity index is 639. The number of aromatic nitrogens is 1. The molecule has 0 unspecified atom stereocenters. The number of halogens is 1. The molecule has 0 bridgehead atoms. The van der Waals surface area contributed by atoms with Gasteiger partial charge in [-0.25, -0.2) is 4.79 Å². The fourth-order valence-corrected chi connectivity index (χ4v) is 2.00. The number of carbonyl (C=O) groups excluding carboxylic acids is 1. The smallest absolute Gasteiger partial charge is 0.362 e. The summed E-state index contributed by atoms with van der Waals surface area (Å²) in [7, 11) is 1.56. The topological polar surface area (TPSA) is 87.6 Å². The first kappa shape index (κ1) is 14.4. The minimum atomic E-state index is -0.612. The average molecular weight is 341 g/mol. The van der Waals surface area contributed by atoms with E-state index in [-0.39, 0.29) is 24.1 Å². The number of rotatable bonds is 4. The van der Waals surface area contributed by atoms with Gasteiger partial charge in [-0.2, -0.15) is 4.98 Å². The largest absolute Gasteiger partial charge is 0.497 e. The minimum Gasteiger partial charge on any atom is -0.497 e. The number of methoxy groups -OCH3 is 1. The molecule has 2 rings (SSSR count). The molecule has 0 aliphatic carbocycles. The van der Waals surface area contributed by atoms with Crippen molar-refractivity contribution in [3.8, 4) is 17.2 Å². The number of nitrogens with zero attached hydrogens (tertiary/aromatic N) is 1. The van der Waals surface area contributed by atoms with E-state index in [1.54, 1.807) is 32.2 Å². The maximum atomic E-state index is 11.7. The number of anilines is 1.